The molecular formula is C20H21N3O4S. The molecule has 2 aromatic rings. The van der Waals surface area contributed by atoms with Crippen LogP contribution in [0.15, 0.2) is 41.4 Å². The lowest BCUT2D eigenvalue weighted by molar-refractivity contribution is 0.138. The second kappa shape index (κ2) is 7.78. The van der Waals surface area contributed by atoms with Gasteiger partial charge in [-0.3, -0.25) is 0 Å². The van der Waals surface area contributed by atoms with Crippen LogP contribution in [0.3, 0.4) is 0 Å². The van der Waals surface area contributed by atoms with Crippen LogP contribution in [0, 0.1) is 11.3 Å². The third-order valence-electron chi connectivity index (χ3n) is 5.12. The zero-order valence-electron chi connectivity index (χ0n) is 15.3. The first-order valence-electron chi connectivity index (χ1n) is 9.34. The lowest BCUT2D eigenvalue weighted by atomic mass is 9.94. The van der Waals surface area contributed by atoms with E-state index in [1.54, 1.807) is 30.3 Å². The average molecular weight is 399 g/mol. The highest BCUT2D eigenvalue weighted by Gasteiger charge is 2.27. The second-order valence-electron chi connectivity index (χ2n) is 7.08. The van der Waals surface area contributed by atoms with Crippen molar-refractivity contribution in [1.82, 2.24) is 9.71 Å². The number of nitrogens with one attached hydrogen (secondary N) is 1. The largest absolute Gasteiger partial charge is 0.493 e. The van der Waals surface area contributed by atoms with Gasteiger partial charge in [0, 0.05) is 24.7 Å². The first kappa shape index (κ1) is 18.7. The Bertz CT molecular complexity index is 991. The van der Waals surface area contributed by atoms with Gasteiger partial charge in [0.05, 0.1) is 17.1 Å². The molecule has 4 rings (SSSR count). The summed E-state index contributed by atoms with van der Waals surface area (Å²) < 4.78 is 39.5. The number of hydrogen-bond donors (Lipinski definition) is 1. The molecule has 1 N–H and O–H groups in total. The van der Waals surface area contributed by atoms with E-state index >= 15 is 0 Å². The van der Waals surface area contributed by atoms with Gasteiger partial charge in [-0.25, -0.2) is 18.1 Å². The molecule has 1 fully saturated rings. The Morgan fingerprint density at radius 2 is 2.00 bits per heavy atom. The molecule has 1 aliphatic carbocycles. The lowest BCUT2D eigenvalue weighted by Gasteiger charge is -2.29. The van der Waals surface area contributed by atoms with Crippen LogP contribution in [-0.2, 0) is 16.4 Å². The van der Waals surface area contributed by atoms with Crippen molar-refractivity contribution in [3.63, 3.8) is 0 Å². The monoisotopic (exact) mass is 399 g/mol. The number of aromatic nitrogens is 1. The van der Waals surface area contributed by atoms with E-state index in [0.717, 1.165) is 30.6 Å². The van der Waals surface area contributed by atoms with Crippen LogP contribution in [0.2, 0.25) is 0 Å². The summed E-state index contributed by atoms with van der Waals surface area (Å²) in [5.74, 6) is 1.26. The van der Waals surface area contributed by atoms with E-state index in [1.807, 2.05) is 6.07 Å². The van der Waals surface area contributed by atoms with Crippen molar-refractivity contribution in [3.8, 4) is 17.7 Å². The Kier molecular flexibility index (Phi) is 5.20. The predicted molar refractivity (Wildman–Crippen MR) is 102 cm³/mol. The topological polar surface area (TPSA) is 101 Å². The maximum absolute atomic E-state index is 12.7. The molecule has 0 atom stereocenters. The van der Waals surface area contributed by atoms with E-state index in [1.165, 1.54) is 6.20 Å². The molecule has 0 unspecified atom stereocenters. The van der Waals surface area contributed by atoms with E-state index in [0.29, 0.717) is 30.9 Å². The van der Waals surface area contributed by atoms with Gasteiger partial charge in [0.15, 0.2) is 0 Å². The summed E-state index contributed by atoms with van der Waals surface area (Å²) in [4.78, 5) is 4.41. The molecule has 2 heterocycles. The number of nitriles is 1. The highest BCUT2D eigenvalue weighted by molar-refractivity contribution is 7.89. The Hall–Kier alpha value is -2.63. The van der Waals surface area contributed by atoms with Gasteiger partial charge in [-0.1, -0.05) is 0 Å². The van der Waals surface area contributed by atoms with Gasteiger partial charge in [0.25, 0.3) is 0 Å². The number of nitrogens with zero attached hydrogens (tertiary/aromatic N) is 2. The van der Waals surface area contributed by atoms with Crippen molar-refractivity contribution < 1.29 is 17.9 Å². The number of sulfonamides is 1. The normalized spacial score (nSPS) is 21.4. The third-order valence-corrected chi connectivity index (χ3v) is 6.64. The number of ether oxygens (including phenoxy) is 2. The van der Waals surface area contributed by atoms with Crippen LogP contribution in [0.1, 0.15) is 36.8 Å². The fourth-order valence-electron chi connectivity index (χ4n) is 3.60. The van der Waals surface area contributed by atoms with Crippen molar-refractivity contribution in [2.45, 2.75) is 49.1 Å². The molecule has 8 heteroatoms. The van der Waals surface area contributed by atoms with Gasteiger partial charge in [-0.15, -0.1) is 0 Å². The van der Waals surface area contributed by atoms with Crippen LogP contribution in [0.4, 0.5) is 0 Å². The van der Waals surface area contributed by atoms with Crippen LogP contribution in [0.25, 0.3) is 0 Å². The zero-order chi connectivity index (χ0) is 19.6. The summed E-state index contributed by atoms with van der Waals surface area (Å²) >= 11 is 0. The fraction of sp³-hybridized carbons (Fsp3) is 0.400. The molecule has 1 aromatic heterocycles. The van der Waals surface area contributed by atoms with Crippen LogP contribution in [0.5, 0.6) is 11.6 Å². The number of rotatable bonds is 5. The van der Waals surface area contributed by atoms with Crippen molar-refractivity contribution in [3.05, 3.63) is 47.7 Å². The quantitative estimate of drug-likeness (QED) is 0.829. The van der Waals surface area contributed by atoms with Gasteiger partial charge in [-0.05, 0) is 55.5 Å². The first-order chi connectivity index (χ1) is 13.5. The van der Waals surface area contributed by atoms with Gasteiger partial charge < -0.3 is 9.47 Å². The molecular weight excluding hydrogens is 378 g/mol. The molecule has 2 aliphatic rings. The van der Waals surface area contributed by atoms with Crippen molar-refractivity contribution in [2.24, 2.45) is 0 Å². The molecule has 0 saturated heterocycles. The van der Waals surface area contributed by atoms with E-state index in [2.05, 4.69) is 9.71 Å². The summed E-state index contributed by atoms with van der Waals surface area (Å²) in [5.41, 5.74) is 1.43. The minimum absolute atomic E-state index is 0.00154. The SMILES string of the molecule is N#Cc1ccc(OC2CCC(NS(=O)(=O)c3ccc4c(c3)CCO4)CC2)nc1. The van der Waals surface area contributed by atoms with Crippen LogP contribution >= 0.6 is 0 Å². The average Bonchev–Trinajstić information content (AvgIpc) is 3.18. The Morgan fingerprint density at radius 1 is 1.18 bits per heavy atom. The molecule has 0 radical (unpaired) electrons. The molecule has 7 nitrogen and oxygen atoms in total. The smallest absolute Gasteiger partial charge is 0.240 e. The molecule has 0 spiro atoms. The highest BCUT2D eigenvalue weighted by Crippen LogP contribution is 2.29. The second-order valence-corrected chi connectivity index (χ2v) is 8.79. The summed E-state index contributed by atoms with van der Waals surface area (Å²) in [6.07, 6.45) is 5.11. The summed E-state index contributed by atoms with van der Waals surface area (Å²) in [7, 11) is -3.55. The molecule has 0 amide bonds. The van der Waals surface area contributed by atoms with Crippen molar-refractivity contribution in [1.29, 1.82) is 5.26 Å². The maximum Gasteiger partial charge on any atom is 0.240 e. The Labute approximate surface area is 164 Å². The molecule has 1 aliphatic heterocycles. The van der Waals surface area contributed by atoms with Gasteiger partial charge in [0.1, 0.15) is 17.9 Å². The molecule has 0 bridgehead atoms. The molecule has 1 aromatic carbocycles. The molecule has 146 valence electrons. The number of benzene rings is 1. The van der Waals surface area contributed by atoms with Gasteiger partial charge in [-0.2, -0.15) is 5.26 Å². The zero-order valence-corrected chi connectivity index (χ0v) is 16.1. The fourth-order valence-corrected chi connectivity index (χ4v) is 4.96. The van der Waals surface area contributed by atoms with E-state index in [-0.39, 0.29) is 17.0 Å². The number of hydrogen-bond acceptors (Lipinski definition) is 6. The molecule has 1 saturated carbocycles. The van der Waals surface area contributed by atoms with Crippen molar-refractivity contribution in [2.75, 3.05) is 6.61 Å². The van der Waals surface area contributed by atoms with E-state index < -0.39 is 10.0 Å². The predicted octanol–water partition coefficient (Wildman–Crippen LogP) is 2.56. The number of pyridine rings is 1. The highest BCUT2D eigenvalue weighted by atomic mass is 32.2. The van der Waals surface area contributed by atoms with Crippen LogP contribution < -0.4 is 14.2 Å². The minimum atomic E-state index is -3.55. The lowest BCUT2D eigenvalue weighted by Crippen LogP contribution is -2.39. The van der Waals surface area contributed by atoms with E-state index in [9.17, 15) is 8.42 Å². The summed E-state index contributed by atoms with van der Waals surface area (Å²) in [5, 5.41) is 8.81. The number of fused-ring (bicyclic) bond motifs is 1. The van der Waals surface area contributed by atoms with Gasteiger partial charge >= 0.3 is 0 Å². The van der Waals surface area contributed by atoms with Crippen molar-refractivity contribution >= 4 is 10.0 Å². The van der Waals surface area contributed by atoms with Gasteiger partial charge in [0.2, 0.25) is 15.9 Å². The summed E-state index contributed by atoms with van der Waals surface area (Å²) in [6, 6.07) is 10.3. The Morgan fingerprint density at radius 3 is 2.71 bits per heavy atom. The first-order valence-corrected chi connectivity index (χ1v) is 10.8. The van der Waals surface area contributed by atoms with Crippen LogP contribution in [-0.4, -0.2) is 32.2 Å². The Balaban J connectivity index is 1.33. The summed E-state index contributed by atoms with van der Waals surface area (Å²) in [6.45, 7) is 0.602. The molecule has 28 heavy (non-hydrogen) atoms. The standard InChI is InChI=1S/C20H21N3O4S/c21-12-14-1-8-20(22-13-14)27-17-4-2-16(3-5-17)23-28(24,25)18-6-7-19-15(11-18)9-10-26-19/h1,6-8,11,13,16-17,23H,2-5,9-10H2. The maximum atomic E-state index is 12.7. The van der Waals surface area contributed by atoms with E-state index in [4.69, 9.17) is 14.7 Å². The minimum Gasteiger partial charge on any atom is -0.493 e. The third kappa shape index (κ3) is 4.11.